The molecule has 1 heterocycles. The lowest BCUT2D eigenvalue weighted by molar-refractivity contribution is -0.385. The van der Waals surface area contributed by atoms with Crippen molar-refractivity contribution in [2.24, 2.45) is 4.99 Å². The van der Waals surface area contributed by atoms with Gasteiger partial charge in [-0.1, -0.05) is 28.1 Å². The van der Waals surface area contributed by atoms with E-state index in [0.29, 0.717) is 21.6 Å². The van der Waals surface area contributed by atoms with Gasteiger partial charge in [0.1, 0.15) is 5.52 Å². The van der Waals surface area contributed by atoms with E-state index in [4.69, 9.17) is 4.42 Å². The van der Waals surface area contributed by atoms with Gasteiger partial charge in [-0.2, -0.15) is 0 Å². The predicted octanol–water partition coefficient (Wildman–Crippen LogP) is 6.24. The lowest BCUT2D eigenvalue weighted by Crippen LogP contribution is -1.93. The minimum Gasteiger partial charge on any atom is -0.502 e. The summed E-state index contributed by atoms with van der Waals surface area (Å²) in [5.41, 5.74) is 4.69. The number of aromatic hydroxyl groups is 1. The molecule has 0 aliphatic heterocycles. The van der Waals surface area contributed by atoms with Crippen LogP contribution in [0.4, 0.5) is 11.4 Å². The van der Waals surface area contributed by atoms with Crippen LogP contribution in [0.2, 0.25) is 0 Å². The number of aryl methyl sites for hydroxylation is 1. The third-order valence-electron chi connectivity index (χ3n) is 4.70. The van der Waals surface area contributed by atoms with Gasteiger partial charge >= 0.3 is 5.69 Å². The van der Waals surface area contributed by atoms with E-state index in [-0.39, 0.29) is 5.56 Å². The zero-order valence-electron chi connectivity index (χ0n) is 16.1. The largest absolute Gasteiger partial charge is 0.502 e. The summed E-state index contributed by atoms with van der Waals surface area (Å²) < 4.78 is 6.37. The number of nitrogens with zero attached hydrogens (tertiary/aromatic N) is 3. The fraction of sp³-hybridized carbons (Fsp3) is 0.0909. The first-order valence-electron chi connectivity index (χ1n) is 9.01. The van der Waals surface area contributed by atoms with Crippen LogP contribution in [0.3, 0.4) is 0 Å². The summed E-state index contributed by atoms with van der Waals surface area (Å²) in [5, 5.41) is 21.3. The average molecular weight is 466 g/mol. The third kappa shape index (κ3) is 3.69. The van der Waals surface area contributed by atoms with E-state index in [1.54, 1.807) is 6.07 Å². The van der Waals surface area contributed by atoms with Crippen LogP contribution in [0.25, 0.3) is 22.6 Å². The molecule has 0 unspecified atom stereocenters. The molecule has 0 atom stereocenters. The zero-order valence-corrected chi connectivity index (χ0v) is 17.7. The van der Waals surface area contributed by atoms with E-state index in [2.05, 4.69) is 25.9 Å². The number of halogens is 1. The van der Waals surface area contributed by atoms with Crippen LogP contribution < -0.4 is 0 Å². The van der Waals surface area contributed by atoms with Crippen LogP contribution in [-0.2, 0) is 0 Å². The van der Waals surface area contributed by atoms with Gasteiger partial charge in [0.05, 0.1) is 10.6 Å². The Labute approximate surface area is 180 Å². The molecule has 0 saturated heterocycles. The number of phenolic OH excluding ortho intramolecular Hbond substituents is 1. The van der Waals surface area contributed by atoms with Gasteiger partial charge in [0, 0.05) is 27.9 Å². The number of oxazole rings is 1. The van der Waals surface area contributed by atoms with Crippen molar-refractivity contribution >= 4 is 44.6 Å². The highest BCUT2D eigenvalue weighted by Gasteiger charge is 2.18. The monoisotopic (exact) mass is 465 g/mol. The molecule has 0 bridgehead atoms. The molecule has 3 aromatic carbocycles. The van der Waals surface area contributed by atoms with E-state index in [0.717, 1.165) is 22.2 Å². The summed E-state index contributed by atoms with van der Waals surface area (Å²) >= 11 is 3.22. The van der Waals surface area contributed by atoms with Gasteiger partial charge in [-0.3, -0.25) is 15.1 Å². The Balaban J connectivity index is 1.74. The number of hydrogen-bond donors (Lipinski definition) is 1. The summed E-state index contributed by atoms with van der Waals surface area (Å²) in [6, 6.07) is 14.2. The molecule has 1 aromatic heterocycles. The molecule has 150 valence electrons. The molecule has 0 aliphatic carbocycles. The number of nitro benzene ring substituents is 1. The minimum absolute atomic E-state index is 0.234. The third-order valence-corrected chi connectivity index (χ3v) is 5.16. The number of rotatable bonds is 4. The Morgan fingerprint density at radius 1 is 1.20 bits per heavy atom. The predicted molar refractivity (Wildman–Crippen MR) is 119 cm³/mol. The van der Waals surface area contributed by atoms with Crippen molar-refractivity contribution in [2.75, 3.05) is 0 Å². The van der Waals surface area contributed by atoms with Crippen molar-refractivity contribution in [1.82, 2.24) is 4.98 Å². The highest BCUT2D eigenvalue weighted by atomic mass is 79.9. The molecule has 7 nitrogen and oxygen atoms in total. The number of fused-ring (bicyclic) bond motifs is 1. The topological polar surface area (TPSA) is 102 Å². The molecule has 4 rings (SSSR count). The first-order chi connectivity index (χ1) is 14.3. The van der Waals surface area contributed by atoms with E-state index < -0.39 is 16.4 Å². The van der Waals surface area contributed by atoms with E-state index >= 15 is 0 Å². The Bertz CT molecular complexity index is 1330. The summed E-state index contributed by atoms with van der Waals surface area (Å²) in [7, 11) is 0. The smallest absolute Gasteiger partial charge is 0.312 e. The van der Waals surface area contributed by atoms with Crippen LogP contribution in [0.5, 0.6) is 5.75 Å². The Hall–Kier alpha value is -3.52. The van der Waals surface area contributed by atoms with Gasteiger partial charge in [-0.05, 0) is 55.3 Å². The second-order valence-corrected chi connectivity index (χ2v) is 7.73. The van der Waals surface area contributed by atoms with Crippen molar-refractivity contribution in [3.63, 3.8) is 0 Å². The highest BCUT2D eigenvalue weighted by molar-refractivity contribution is 9.10. The fourth-order valence-corrected chi connectivity index (χ4v) is 3.59. The van der Waals surface area contributed by atoms with Crippen molar-refractivity contribution in [3.05, 3.63) is 79.8 Å². The SMILES string of the molecule is Cc1ccc2oc(-c3cccc(N=Cc4cc(Br)cc([N+](=O)[O-])c4O)c3C)nc2c1. The molecular weight excluding hydrogens is 450 g/mol. The lowest BCUT2D eigenvalue weighted by Gasteiger charge is -2.06. The number of hydrogen-bond acceptors (Lipinski definition) is 6. The average Bonchev–Trinajstić information content (AvgIpc) is 3.11. The van der Waals surface area contributed by atoms with Gasteiger partial charge in [-0.25, -0.2) is 4.98 Å². The first kappa shape index (κ1) is 19.8. The van der Waals surface area contributed by atoms with Gasteiger partial charge in [0.25, 0.3) is 0 Å². The molecule has 0 saturated carbocycles. The molecule has 0 fully saturated rings. The number of nitro groups is 1. The lowest BCUT2D eigenvalue weighted by atomic mass is 10.1. The van der Waals surface area contributed by atoms with Crippen LogP contribution in [-0.4, -0.2) is 21.2 Å². The van der Waals surface area contributed by atoms with Gasteiger partial charge in [-0.15, -0.1) is 0 Å². The Kier molecular flexibility index (Phi) is 5.09. The van der Waals surface area contributed by atoms with Crippen LogP contribution in [0.1, 0.15) is 16.7 Å². The van der Waals surface area contributed by atoms with Crippen LogP contribution in [0, 0.1) is 24.0 Å². The van der Waals surface area contributed by atoms with Gasteiger partial charge in [0.2, 0.25) is 11.6 Å². The maximum Gasteiger partial charge on any atom is 0.312 e. The number of aromatic nitrogens is 1. The standard InChI is InChI=1S/C22H16BrN3O4/c1-12-6-7-20-18(8-12)25-22(30-20)16-4-3-5-17(13(16)2)24-11-14-9-15(23)10-19(21(14)27)26(28)29/h3-11,27H,1-2H3. The van der Waals surface area contributed by atoms with Crippen molar-refractivity contribution in [2.45, 2.75) is 13.8 Å². The summed E-state index contributed by atoms with van der Waals surface area (Å²) in [5.74, 6) is 0.0566. The second-order valence-electron chi connectivity index (χ2n) is 6.82. The molecule has 1 N–H and O–H groups in total. The quantitative estimate of drug-likeness (QED) is 0.218. The molecule has 0 amide bonds. The molecular formula is C22H16BrN3O4. The van der Waals surface area contributed by atoms with E-state index in [1.165, 1.54) is 12.3 Å². The van der Waals surface area contributed by atoms with Gasteiger partial charge in [0.15, 0.2) is 5.58 Å². The highest BCUT2D eigenvalue weighted by Crippen LogP contribution is 2.34. The summed E-state index contributed by atoms with van der Waals surface area (Å²) in [6.07, 6.45) is 1.40. The molecule has 30 heavy (non-hydrogen) atoms. The summed E-state index contributed by atoms with van der Waals surface area (Å²) in [6.45, 7) is 3.89. The Morgan fingerprint density at radius 3 is 2.77 bits per heavy atom. The van der Waals surface area contributed by atoms with Gasteiger partial charge < -0.3 is 9.52 Å². The van der Waals surface area contributed by atoms with Crippen molar-refractivity contribution in [1.29, 1.82) is 0 Å². The van der Waals surface area contributed by atoms with Crippen molar-refractivity contribution in [3.8, 4) is 17.2 Å². The maximum atomic E-state index is 11.1. The maximum absolute atomic E-state index is 11.1. The molecule has 0 aliphatic rings. The fourth-order valence-electron chi connectivity index (χ4n) is 3.13. The van der Waals surface area contributed by atoms with Crippen LogP contribution >= 0.6 is 15.9 Å². The molecule has 8 heteroatoms. The zero-order chi connectivity index (χ0) is 21.4. The molecule has 0 radical (unpaired) electrons. The van der Waals surface area contributed by atoms with Crippen LogP contribution in [0.15, 0.2) is 62.4 Å². The number of benzene rings is 3. The molecule has 4 aromatic rings. The minimum atomic E-state index is -0.641. The normalized spacial score (nSPS) is 11.4. The summed E-state index contributed by atoms with van der Waals surface area (Å²) in [4.78, 5) is 19.5. The number of phenols is 1. The van der Waals surface area contributed by atoms with E-state index in [9.17, 15) is 15.2 Å². The second kappa shape index (κ2) is 7.72. The molecule has 0 spiro atoms. The van der Waals surface area contributed by atoms with E-state index in [1.807, 2.05) is 50.2 Å². The van der Waals surface area contributed by atoms with Crippen molar-refractivity contribution < 1.29 is 14.4 Å². The number of aliphatic imine (C=N–C) groups is 1. The first-order valence-corrected chi connectivity index (χ1v) is 9.81. The Morgan fingerprint density at radius 2 is 2.00 bits per heavy atom.